The van der Waals surface area contributed by atoms with Crippen molar-refractivity contribution in [3.05, 3.63) is 24.0 Å². The van der Waals surface area contributed by atoms with Crippen molar-refractivity contribution in [3.63, 3.8) is 0 Å². The molecule has 0 aromatic carbocycles. The maximum absolute atomic E-state index is 11.7. The van der Waals surface area contributed by atoms with Gasteiger partial charge in [0.2, 0.25) is 5.91 Å². The highest BCUT2D eigenvalue weighted by atomic mass is 16.5. The van der Waals surface area contributed by atoms with E-state index in [9.17, 15) is 4.79 Å². The van der Waals surface area contributed by atoms with Gasteiger partial charge in [-0.3, -0.25) is 9.78 Å². The highest BCUT2D eigenvalue weighted by Gasteiger charge is 2.06. The van der Waals surface area contributed by atoms with Crippen LogP contribution in [-0.4, -0.2) is 36.3 Å². The zero-order valence-electron chi connectivity index (χ0n) is 11.6. The van der Waals surface area contributed by atoms with Gasteiger partial charge < -0.3 is 15.2 Å². The van der Waals surface area contributed by atoms with Crippen LogP contribution in [0, 0.1) is 5.92 Å². The van der Waals surface area contributed by atoms with Crippen molar-refractivity contribution >= 4 is 5.91 Å². The Labute approximate surface area is 114 Å². The van der Waals surface area contributed by atoms with Crippen molar-refractivity contribution in [2.45, 2.75) is 26.2 Å². The van der Waals surface area contributed by atoms with Crippen molar-refractivity contribution in [1.29, 1.82) is 0 Å². The van der Waals surface area contributed by atoms with Gasteiger partial charge in [0.15, 0.2) is 0 Å². The number of nitrogens with zero attached hydrogens (tertiary/aromatic N) is 1. The lowest BCUT2D eigenvalue weighted by molar-refractivity contribution is -0.121. The van der Waals surface area contributed by atoms with Crippen molar-refractivity contribution in [2.24, 2.45) is 5.92 Å². The number of rotatable bonds is 8. The van der Waals surface area contributed by atoms with Crippen molar-refractivity contribution < 1.29 is 14.6 Å². The van der Waals surface area contributed by atoms with Crippen LogP contribution >= 0.6 is 0 Å². The minimum atomic E-state index is 0.0209. The van der Waals surface area contributed by atoms with Gasteiger partial charge in [0.05, 0.1) is 13.3 Å². The largest absolute Gasteiger partial charge is 0.495 e. The summed E-state index contributed by atoms with van der Waals surface area (Å²) in [6, 6.07) is 1.88. The summed E-state index contributed by atoms with van der Waals surface area (Å²) in [7, 11) is 1.59. The third-order valence-electron chi connectivity index (χ3n) is 2.92. The normalized spacial score (nSPS) is 11.9. The number of pyridine rings is 1. The Morgan fingerprint density at radius 2 is 2.32 bits per heavy atom. The van der Waals surface area contributed by atoms with Crippen molar-refractivity contribution in [1.82, 2.24) is 10.3 Å². The molecule has 1 rings (SSSR count). The lowest BCUT2D eigenvalue weighted by atomic mass is 10.1. The molecule has 0 aliphatic rings. The lowest BCUT2D eigenvalue weighted by Gasteiger charge is -2.11. The molecule has 106 valence electrons. The van der Waals surface area contributed by atoms with Crippen LogP contribution in [0.2, 0.25) is 0 Å². The van der Waals surface area contributed by atoms with Crippen LogP contribution in [0.5, 0.6) is 5.75 Å². The molecule has 5 heteroatoms. The Hall–Kier alpha value is -1.62. The van der Waals surface area contributed by atoms with Gasteiger partial charge in [-0.2, -0.15) is 0 Å². The lowest BCUT2D eigenvalue weighted by Crippen LogP contribution is -2.28. The summed E-state index contributed by atoms with van der Waals surface area (Å²) in [6.07, 6.45) is 5.16. The molecular formula is C14H22N2O3. The van der Waals surface area contributed by atoms with Crippen LogP contribution in [0.15, 0.2) is 18.5 Å². The summed E-state index contributed by atoms with van der Waals surface area (Å²) >= 11 is 0. The number of methoxy groups -OCH3 is 1. The van der Waals surface area contributed by atoms with E-state index in [1.165, 1.54) is 0 Å². The number of ether oxygens (including phenoxy) is 1. The van der Waals surface area contributed by atoms with Gasteiger partial charge in [-0.05, 0) is 30.4 Å². The Morgan fingerprint density at radius 1 is 1.53 bits per heavy atom. The molecular weight excluding hydrogens is 244 g/mol. The second kappa shape index (κ2) is 8.48. The quantitative estimate of drug-likeness (QED) is 0.740. The number of amides is 1. The predicted octanol–water partition coefficient (Wildman–Crippen LogP) is 1.16. The molecule has 0 spiro atoms. The SMILES string of the molecule is COc1cncc(CCC(=O)NCC(C)CCO)c1. The molecule has 19 heavy (non-hydrogen) atoms. The summed E-state index contributed by atoms with van der Waals surface area (Å²) in [5.74, 6) is 1.02. The van der Waals surface area contributed by atoms with Crippen LogP contribution in [-0.2, 0) is 11.2 Å². The number of aliphatic hydroxyl groups is 1. The van der Waals surface area contributed by atoms with Crippen LogP contribution < -0.4 is 10.1 Å². The molecule has 1 amide bonds. The fourth-order valence-corrected chi connectivity index (χ4v) is 1.67. The van der Waals surface area contributed by atoms with Gasteiger partial charge >= 0.3 is 0 Å². The first-order valence-electron chi connectivity index (χ1n) is 6.51. The van der Waals surface area contributed by atoms with Gasteiger partial charge in [0, 0.05) is 25.8 Å². The molecule has 1 aromatic rings. The molecule has 1 atom stereocenters. The monoisotopic (exact) mass is 266 g/mol. The van der Waals surface area contributed by atoms with E-state index < -0.39 is 0 Å². The number of aromatic nitrogens is 1. The first-order valence-corrected chi connectivity index (χ1v) is 6.51. The van der Waals surface area contributed by atoms with Gasteiger partial charge in [-0.25, -0.2) is 0 Å². The summed E-state index contributed by atoms with van der Waals surface area (Å²) in [5, 5.41) is 11.6. The molecule has 1 aromatic heterocycles. The maximum Gasteiger partial charge on any atom is 0.220 e. The molecule has 0 bridgehead atoms. The van der Waals surface area contributed by atoms with Gasteiger partial charge in [0.25, 0.3) is 0 Å². The first-order chi connectivity index (χ1) is 9.15. The van der Waals surface area contributed by atoms with E-state index in [4.69, 9.17) is 9.84 Å². The topological polar surface area (TPSA) is 71.5 Å². The Kier molecular flexibility index (Phi) is 6.89. The van der Waals surface area contributed by atoms with Crippen molar-refractivity contribution in [2.75, 3.05) is 20.3 Å². The molecule has 0 saturated carbocycles. The van der Waals surface area contributed by atoms with E-state index in [0.29, 0.717) is 37.5 Å². The summed E-state index contributed by atoms with van der Waals surface area (Å²) in [6.45, 7) is 2.77. The molecule has 5 nitrogen and oxygen atoms in total. The number of aliphatic hydroxyl groups excluding tert-OH is 1. The van der Waals surface area contributed by atoms with Crippen LogP contribution in [0.25, 0.3) is 0 Å². The van der Waals surface area contributed by atoms with E-state index in [1.54, 1.807) is 19.5 Å². The Bertz CT molecular complexity index is 396. The van der Waals surface area contributed by atoms with Crippen LogP contribution in [0.1, 0.15) is 25.3 Å². The minimum absolute atomic E-state index is 0.0209. The van der Waals surface area contributed by atoms with E-state index in [-0.39, 0.29) is 12.5 Å². The van der Waals surface area contributed by atoms with E-state index >= 15 is 0 Å². The fourth-order valence-electron chi connectivity index (χ4n) is 1.67. The van der Waals surface area contributed by atoms with E-state index in [2.05, 4.69) is 10.3 Å². The molecule has 1 heterocycles. The zero-order chi connectivity index (χ0) is 14.1. The number of aryl methyl sites for hydroxylation is 1. The zero-order valence-corrected chi connectivity index (χ0v) is 11.6. The average molecular weight is 266 g/mol. The van der Waals surface area contributed by atoms with Crippen molar-refractivity contribution in [3.8, 4) is 5.75 Å². The first kappa shape index (κ1) is 15.4. The Morgan fingerprint density at radius 3 is 3.00 bits per heavy atom. The van der Waals surface area contributed by atoms with Crippen LogP contribution in [0.4, 0.5) is 0 Å². The molecule has 0 aliphatic heterocycles. The predicted molar refractivity (Wildman–Crippen MR) is 73.0 cm³/mol. The third-order valence-corrected chi connectivity index (χ3v) is 2.92. The average Bonchev–Trinajstić information content (AvgIpc) is 2.43. The molecule has 0 fully saturated rings. The summed E-state index contributed by atoms with van der Waals surface area (Å²) < 4.78 is 5.08. The fraction of sp³-hybridized carbons (Fsp3) is 0.571. The Balaban J connectivity index is 2.29. The van der Waals surface area contributed by atoms with Crippen LogP contribution in [0.3, 0.4) is 0 Å². The smallest absolute Gasteiger partial charge is 0.220 e. The highest BCUT2D eigenvalue weighted by molar-refractivity contribution is 5.76. The minimum Gasteiger partial charge on any atom is -0.495 e. The van der Waals surface area contributed by atoms with E-state index in [0.717, 1.165) is 5.56 Å². The molecule has 0 radical (unpaired) electrons. The number of carbonyl (C=O) groups is 1. The van der Waals surface area contributed by atoms with Gasteiger partial charge in [-0.15, -0.1) is 0 Å². The molecule has 2 N–H and O–H groups in total. The molecule has 0 saturated heterocycles. The van der Waals surface area contributed by atoms with Gasteiger partial charge in [0.1, 0.15) is 5.75 Å². The molecule has 0 aliphatic carbocycles. The second-order valence-electron chi connectivity index (χ2n) is 4.65. The number of nitrogens with one attached hydrogen (secondary N) is 1. The standard InChI is InChI=1S/C14H22N2O3/c1-11(5-6-17)8-16-14(18)4-3-12-7-13(19-2)10-15-9-12/h7,9-11,17H,3-6,8H2,1-2H3,(H,16,18). The van der Waals surface area contributed by atoms with Gasteiger partial charge in [-0.1, -0.05) is 6.92 Å². The van der Waals surface area contributed by atoms with E-state index in [1.807, 2.05) is 13.0 Å². The summed E-state index contributed by atoms with van der Waals surface area (Å²) in [5.41, 5.74) is 0.984. The molecule has 1 unspecified atom stereocenters. The highest BCUT2D eigenvalue weighted by Crippen LogP contribution is 2.11. The summed E-state index contributed by atoms with van der Waals surface area (Å²) in [4.78, 5) is 15.7. The maximum atomic E-state index is 11.7. The third kappa shape index (κ3) is 6.20. The number of hydrogen-bond donors (Lipinski definition) is 2. The number of hydrogen-bond acceptors (Lipinski definition) is 4. The second-order valence-corrected chi connectivity index (χ2v) is 4.65. The number of carbonyl (C=O) groups excluding carboxylic acids is 1.